The molecule has 2 saturated carbocycles. The van der Waals surface area contributed by atoms with Gasteiger partial charge in [-0.2, -0.15) is 0 Å². The van der Waals surface area contributed by atoms with Crippen LogP contribution in [0, 0.1) is 0 Å². The molecule has 0 unspecified atom stereocenters. The third-order valence-corrected chi connectivity index (χ3v) is 5.44. The molecule has 2 aliphatic carbocycles. The van der Waals surface area contributed by atoms with Crippen molar-refractivity contribution in [2.75, 3.05) is 0 Å². The second-order valence-electron chi connectivity index (χ2n) is 7.42. The van der Waals surface area contributed by atoms with Crippen molar-refractivity contribution in [3.05, 3.63) is 22.3 Å². The summed E-state index contributed by atoms with van der Waals surface area (Å²) in [7, 11) is 0. The van der Waals surface area contributed by atoms with E-state index in [1.807, 2.05) is 0 Å². The summed E-state index contributed by atoms with van der Waals surface area (Å²) in [6, 6.07) is 0. The number of ketones is 2. The van der Waals surface area contributed by atoms with Crippen LogP contribution < -0.4 is 0 Å². The highest BCUT2D eigenvalue weighted by Crippen LogP contribution is 2.37. The van der Waals surface area contributed by atoms with Gasteiger partial charge in [0.2, 0.25) is 0 Å². The standard InChI is InChI=1S/C22H34O2/c1-3-5-15-19(23)21(17-11-7-8-12-17)22(18-13-9-10-14-18)20(24)16-6-4-2/h3-16H2,1-2H3. The Bertz CT molecular complexity index is 458. The molecule has 0 spiro atoms. The third-order valence-electron chi connectivity index (χ3n) is 5.44. The molecule has 0 aromatic carbocycles. The highest BCUT2D eigenvalue weighted by atomic mass is 16.1. The molecular weight excluding hydrogens is 296 g/mol. The number of carbonyl (C=O) groups is 2. The SMILES string of the molecule is CCCCC(=O)C(=C1CCCC1)C(C(=O)CCCC)=C1CCCC1. The van der Waals surface area contributed by atoms with Crippen molar-refractivity contribution in [1.82, 2.24) is 0 Å². The average Bonchev–Trinajstić information content (AvgIpc) is 3.28. The van der Waals surface area contributed by atoms with Gasteiger partial charge in [-0.1, -0.05) is 37.8 Å². The molecule has 134 valence electrons. The summed E-state index contributed by atoms with van der Waals surface area (Å²) in [5, 5.41) is 0. The van der Waals surface area contributed by atoms with Crippen LogP contribution in [0.3, 0.4) is 0 Å². The van der Waals surface area contributed by atoms with E-state index in [0.717, 1.165) is 62.5 Å². The Labute approximate surface area is 147 Å². The molecule has 0 aromatic heterocycles. The summed E-state index contributed by atoms with van der Waals surface area (Å²) in [6.07, 6.45) is 13.9. The monoisotopic (exact) mass is 330 g/mol. The lowest BCUT2D eigenvalue weighted by Crippen LogP contribution is -2.16. The van der Waals surface area contributed by atoms with E-state index >= 15 is 0 Å². The van der Waals surface area contributed by atoms with Gasteiger partial charge in [0.1, 0.15) is 0 Å². The molecular formula is C22H34O2. The molecule has 2 aliphatic rings. The van der Waals surface area contributed by atoms with Crippen molar-refractivity contribution in [3.63, 3.8) is 0 Å². The zero-order valence-corrected chi connectivity index (χ0v) is 15.7. The van der Waals surface area contributed by atoms with Gasteiger partial charge in [0.15, 0.2) is 11.6 Å². The number of hydrogen-bond acceptors (Lipinski definition) is 2. The predicted octanol–water partition coefficient (Wildman–Crippen LogP) is 6.25. The Morgan fingerprint density at radius 1 is 0.667 bits per heavy atom. The number of rotatable bonds is 9. The first-order valence-corrected chi connectivity index (χ1v) is 10.2. The van der Waals surface area contributed by atoms with Crippen LogP contribution in [0.15, 0.2) is 22.3 Å². The van der Waals surface area contributed by atoms with Crippen molar-refractivity contribution in [1.29, 1.82) is 0 Å². The van der Waals surface area contributed by atoms with Crippen LogP contribution in [0.4, 0.5) is 0 Å². The van der Waals surface area contributed by atoms with Crippen LogP contribution in [-0.4, -0.2) is 11.6 Å². The predicted molar refractivity (Wildman–Crippen MR) is 100 cm³/mol. The van der Waals surface area contributed by atoms with E-state index in [-0.39, 0.29) is 11.6 Å². The molecule has 0 aliphatic heterocycles. The Balaban J connectivity index is 2.41. The quantitative estimate of drug-likeness (QED) is 0.468. The number of unbranched alkanes of at least 4 members (excludes halogenated alkanes) is 2. The second kappa shape index (κ2) is 9.96. The molecule has 0 atom stereocenters. The van der Waals surface area contributed by atoms with Crippen LogP contribution in [0.2, 0.25) is 0 Å². The van der Waals surface area contributed by atoms with Gasteiger partial charge in [-0.15, -0.1) is 0 Å². The van der Waals surface area contributed by atoms with Crippen LogP contribution in [0.5, 0.6) is 0 Å². The Hall–Kier alpha value is -1.18. The van der Waals surface area contributed by atoms with Crippen LogP contribution >= 0.6 is 0 Å². The molecule has 0 aromatic rings. The molecule has 0 amide bonds. The Morgan fingerprint density at radius 3 is 1.29 bits per heavy atom. The van der Waals surface area contributed by atoms with Gasteiger partial charge in [0.05, 0.1) is 0 Å². The van der Waals surface area contributed by atoms with Crippen molar-refractivity contribution < 1.29 is 9.59 Å². The highest BCUT2D eigenvalue weighted by Gasteiger charge is 2.28. The van der Waals surface area contributed by atoms with E-state index in [1.54, 1.807) is 0 Å². The van der Waals surface area contributed by atoms with E-state index in [0.29, 0.717) is 12.8 Å². The lowest BCUT2D eigenvalue weighted by Gasteiger charge is -2.17. The molecule has 0 bridgehead atoms. The molecule has 2 nitrogen and oxygen atoms in total. The first-order chi connectivity index (χ1) is 11.7. The molecule has 0 radical (unpaired) electrons. The van der Waals surface area contributed by atoms with Gasteiger partial charge in [0.25, 0.3) is 0 Å². The normalized spacial score (nSPS) is 17.4. The first-order valence-electron chi connectivity index (χ1n) is 10.2. The number of carbonyl (C=O) groups excluding carboxylic acids is 2. The maximum atomic E-state index is 13.0. The maximum absolute atomic E-state index is 13.0. The van der Waals surface area contributed by atoms with Gasteiger partial charge in [0, 0.05) is 24.0 Å². The minimum Gasteiger partial charge on any atom is -0.294 e. The summed E-state index contributed by atoms with van der Waals surface area (Å²) in [5.74, 6) is 0.487. The van der Waals surface area contributed by atoms with Crippen molar-refractivity contribution in [3.8, 4) is 0 Å². The van der Waals surface area contributed by atoms with Crippen molar-refractivity contribution in [2.24, 2.45) is 0 Å². The molecule has 24 heavy (non-hydrogen) atoms. The van der Waals surface area contributed by atoms with E-state index in [9.17, 15) is 9.59 Å². The lowest BCUT2D eigenvalue weighted by molar-refractivity contribution is -0.118. The van der Waals surface area contributed by atoms with Crippen LogP contribution in [0.1, 0.15) is 104 Å². The van der Waals surface area contributed by atoms with E-state index in [1.165, 1.54) is 36.8 Å². The largest absolute Gasteiger partial charge is 0.294 e. The van der Waals surface area contributed by atoms with Crippen molar-refractivity contribution in [2.45, 2.75) is 104 Å². The Morgan fingerprint density at radius 2 is 1.00 bits per heavy atom. The smallest absolute Gasteiger partial charge is 0.163 e. The minimum absolute atomic E-state index is 0.244. The minimum atomic E-state index is 0.244. The van der Waals surface area contributed by atoms with Gasteiger partial charge >= 0.3 is 0 Å². The van der Waals surface area contributed by atoms with E-state index in [4.69, 9.17) is 0 Å². The van der Waals surface area contributed by atoms with Gasteiger partial charge in [-0.3, -0.25) is 9.59 Å². The Kier molecular flexibility index (Phi) is 7.94. The summed E-state index contributed by atoms with van der Waals surface area (Å²) in [4.78, 5) is 26.0. The first kappa shape index (κ1) is 19.1. The number of Topliss-reactive ketones (excluding diaryl/α,β-unsaturated/α-hetero) is 2. The number of allylic oxidation sites excluding steroid dienone is 4. The molecule has 2 rings (SSSR count). The third kappa shape index (κ3) is 4.91. The fourth-order valence-corrected chi connectivity index (χ4v) is 4.05. The van der Waals surface area contributed by atoms with Gasteiger partial charge in [-0.05, 0) is 64.2 Å². The maximum Gasteiger partial charge on any atom is 0.163 e. The fraction of sp³-hybridized carbons (Fsp3) is 0.727. The van der Waals surface area contributed by atoms with Crippen molar-refractivity contribution >= 4 is 11.6 Å². The molecule has 2 fully saturated rings. The van der Waals surface area contributed by atoms with E-state index < -0.39 is 0 Å². The number of hydrogen-bond donors (Lipinski definition) is 0. The molecule has 2 heteroatoms. The van der Waals surface area contributed by atoms with Crippen LogP contribution in [-0.2, 0) is 9.59 Å². The summed E-state index contributed by atoms with van der Waals surface area (Å²) < 4.78 is 0. The molecule has 0 saturated heterocycles. The summed E-state index contributed by atoms with van der Waals surface area (Å²) in [6.45, 7) is 4.25. The topological polar surface area (TPSA) is 34.1 Å². The van der Waals surface area contributed by atoms with Gasteiger partial charge in [-0.25, -0.2) is 0 Å². The molecule has 0 heterocycles. The van der Waals surface area contributed by atoms with Gasteiger partial charge < -0.3 is 0 Å². The second-order valence-corrected chi connectivity index (χ2v) is 7.42. The zero-order chi connectivity index (χ0) is 17.4. The zero-order valence-electron chi connectivity index (χ0n) is 15.7. The molecule has 0 N–H and O–H groups in total. The summed E-state index contributed by atoms with van der Waals surface area (Å²) >= 11 is 0. The average molecular weight is 331 g/mol. The van der Waals surface area contributed by atoms with E-state index in [2.05, 4.69) is 13.8 Å². The summed E-state index contributed by atoms with van der Waals surface area (Å²) in [5.41, 5.74) is 4.32. The highest BCUT2D eigenvalue weighted by molar-refractivity contribution is 6.13. The van der Waals surface area contributed by atoms with Crippen LogP contribution in [0.25, 0.3) is 0 Å². The lowest BCUT2D eigenvalue weighted by atomic mass is 9.85. The fourth-order valence-electron chi connectivity index (χ4n) is 4.05.